The number of hydrogen-bond donors (Lipinski definition) is 1. The van der Waals surface area contributed by atoms with Crippen LogP contribution in [-0.2, 0) is 24.2 Å². The van der Waals surface area contributed by atoms with Gasteiger partial charge in [-0.1, -0.05) is 23.7 Å². The van der Waals surface area contributed by atoms with Crippen LogP contribution >= 0.6 is 11.6 Å². The largest absolute Gasteiger partial charge is 0.456 e. The number of rotatable bonds is 7. The molecule has 6 nitrogen and oxygen atoms in total. The van der Waals surface area contributed by atoms with Gasteiger partial charge in [0.1, 0.15) is 0 Å². The van der Waals surface area contributed by atoms with Crippen molar-refractivity contribution in [2.45, 2.75) is 32.1 Å². The van der Waals surface area contributed by atoms with E-state index in [0.29, 0.717) is 10.7 Å². The Kier molecular flexibility index (Phi) is 7.21. The molecule has 2 aromatic carbocycles. The highest BCUT2D eigenvalue weighted by molar-refractivity contribution is 7.91. The lowest BCUT2D eigenvalue weighted by molar-refractivity contribution is -0.146. The van der Waals surface area contributed by atoms with E-state index in [0.717, 1.165) is 16.7 Å². The van der Waals surface area contributed by atoms with E-state index in [1.54, 1.807) is 37.3 Å². The first-order chi connectivity index (χ1) is 13.1. The predicted octanol–water partition coefficient (Wildman–Crippen LogP) is 3.61. The Balaban J connectivity index is 1.85. The van der Waals surface area contributed by atoms with Gasteiger partial charge in [-0.2, -0.15) is 0 Å². The second-order valence-corrected chi connectivity index (χ2v) is 9.03. The maximum atomic E-state index is 12.3. The van der Waals surface area contributed by atoms with Gasteiger partial charge in [0, 0.05) is 10.7 Å². The number of amides is 1. The number of nitrogens with one attached hydrogen (secondary N) is 1. The van der Waals surface area contributed by atoms with Gasteiger partial charge in [-0.15, -0.1) is 0 Å². The molecule has 0 saturated heterocycles. The van der Waals surface area contributed by atoms with E-state index in [4.69, 9.17) is 16.3 Å². The third kappa shape index (κ3) is 6.07. The fourth-order valence-electron chi connectivity index (χ4n) is 2.38. The van der Waals surface area contributed by atoms with Gasteiger partial charge in [0.05, 0.1) is 17.1 Å². The number of anilines is 1. The molecule has 0 aromatic heterocycles. The summed E-state index contributed by atoms with van der Waals surface area (Å²) < 4.78 is 29.6. The fourth-order valence-corrected chi connectivity index (χ4v) is 3.85. The molecule has 2 rings (SSSR count). The topological polar surface area (TPSA) is 89.5 Å². The molecule has 0 aliphatic rings. The zero-order valence-electron chi connectivity index (χ0n) is 15.9. The molecule has 0 saturated carbocycles. The van der Waals surface area contributed by atoms with Crippen LogP contribution in [-0.4, -0.2) is 32.7 Å². The van der Waals surface area contributed by atoms with Crippen molar-refractivity contribution in [3.05, 3.63) is 58.1 Å². The van der Waals surface area contributed by atoms with Crippen LogP contribution in [0.25, 0.3) is 0 Å². The van der Waals surface area contributed by atoms with Gasteiger partial charge in [-0.05, 0) is 61.7 Å². The van der Waals surface area contributed by atoms with Crippen molar-refractivity contribution in [1.82, 2.24) is 0 Å². The number of benzene rings is 2. The number of carbonyl (C=O) groups excluding carboxylic acids is 2. The van der Waals surface area contributed by atoms with Crippen molar-refractivity contribution < 1.29 is 22.7 Å². The molecule has 0 aliphatic heterocycles. The molecule has 150 valence electrons. The van der Waals surface area contributed by atoms with Crippen LogP contribution in [0, 0.1) is 20.8 Å². The minimum Gasteiger partial charge on any atom is -0.456 e. The summed E-state index contributed by atoms with van der Waals surface area (Å²) in [6.45, 7) is 5.01. The third-order valence-corrected chi connectivity index (χ3v) is 6.20. The quantitative estimate of drug-likeness (QED) is 0.687. The van der Waals surface area contributed by atoms with Crippen LogP contribution in [0.4, 0.5) is 5.69 Å². The summed E-state index contributed by atoms with van der Waals surface area (Å²) in [5.74, 6) is -1.68. The molecule has 0 aliphatic carbocycles. The molecular formula is C20H22ClNO5S. The molecule has 0 heterocycles. The molecule has 1 N–H and O–H groups in total. The van der Waals surface area contributed by atoms with Crippen molar-refractivity contribution in [3.8, 4) is 0 Å². The molecule has 0 spiro atoms. The zero-order valence-corrected chi connectivity index (χ0v) is 17.5. The summed E-state index contributed by atoms with van der Waals surface area (Å²) >= 11 is 5.89. The lowest BCUT2D eigenvalue weighted by Crippen LogP contribution is -2.22. The van der Waals surface area contributed by atoms with E-state index in [9.17, 15) is 18.0 Å². The van der Waals surface area contributed by atoms with Crippen LogP contribution in [0.2, 0.25) is 5.02 Å². The molecule has 8 heteroatoms. The summed E-state index contributed by atoms with van der Waals surface area (Å²) in [6.07, 6.45) is -0.335. The maximum Gasteiger partial charge on any atom is 0.307 e. The summed E-state index contributed by atoms with van der Waals surface area (Å²) in [5.41, 5.74) is 3.17. The Hall–Kier alpha value is -2.38. The highest BCUT2D eigenvalue weighted by Crippen LogP contribution is 2.20. The van der Waals surface area contributed by atoms with E-state index in [1.807, 2.05) is 13.8 Å². The normalized spacial score (nSPS) is 11.1. The van der Waals surface area contributed by atoms with E-state index in [1.165, 1.54) is 6.07 Å². The molecule has 0 atom stereocenters. The average Bonchev–Trinajstić information content (AvgIpc) is 2.63. The SMILES string of the molecule is Cc1ccc(S(=O)(=O)CCC(=O)OCC(=O)Nc2cc(Cl)ccc2C)cc1C. The second kappa shape index (κ2) is 9.21. The maximum absolute atomic E-state index is 12.3. The van der Waals surface area contributed by atoms with Gasteiger partial charge >= 0.3 is 5.97 Å². The van der Waals surface area contributed by atoms with Gasteiger partial charge in [0.15, 0.2) is 16.4 Å². The smallest absolute Gasteiger partial charge is 0.307 e. The van der Waals surface area contributed by atoms with Crippen LogP contribution in [0.3, 0.4) is 0 Å². The van der Waals surface area contributed by atoms with E-state index in [2.05, 4.69) is 5.32 Å². The fraction of sp³-hybridized carbons (Fsp3) is 0.300. The van der Waals surface area contributed by atoms with Crippen molar-refractivity contribution in [1.29, 1.82) is 0 Å². The lowest BCUT2D eigenvalue weighted by atomic mass is 10.1. The predicted molar refractivity (Wildman–Crippen MR) is 108 cm³/mol. The number of esters is 1. The van der Waals surface area contributed by atoms with Crippen LogP contribution in [0.5, 0.6) is 0 Å². The molecule has 0 unspecified atom stereocenters. The Morgan fingerprint density at radius 3 is 2.36 bits per heavy atom. The number of sulfone groups is 1. The van der Waals surface area contributed by atoms with Crippen molar-refractivity contribution in [2.75, 3.05) is 17.7 Å². The molecule has 0 bridgehead atoms. The van der Waals surface area contributed by atoms with E-state index < -0.39 is 28.3 Å². The van der Waals surface area contributed by atoms with Gasteiger partial charge in [0.25, 0.3) is 5.91 Å². The Morgan fingerprint density at radius 1 is 1.00 bits per heavy atom. The molecule has 28 heavy (non-hydrogen) atoms. The second-order valence-electron chi connectivity index (χ2n) is 6.48. The number of halogens is 1. The highest BCUT2D eigenvalue weighted by Gasteiger charge is 2.18. The number of carbonyl (C=O) groups is 2. The summed E-state index contributed by atoms with van der Waals surface area (Å²) in [4.78, 5) is 23.9. The Labute approximate surface area is 169 Å². The molecule has 1 amide bonds. The van der Waals surface area contributed by atoms with Gasteiger partial charge in [0.2, 0.25) is 0 Å². The lowest BCUT2D eigenvalue weighted by Gasteiger charge is -2.10. The first-order valence-electron chi connectivity index (χ1n) is 8.60. The average molecular weight is 424 g/mol. The first kappa shape index (κ1) is 21.9. The van der Waals surface area contributed by atoms with Gasteiger partial charge < -0.3 is 10.1 Å². The van der Waals surface area contributed by atoms with Gasteiger partial charge in [-0.25, -0.2) is 8.42 Å². The van der Waals surface area contributed by atoms with Crippen molar-refractivity contribution >= 4 is 39.0 Å². The number of hydrogen-bond acceptors (Lipinski definition) is 5. The summed E-state index contributed by atoms with van der Waals surface area (Å²) in [5, 5.41) is 3.06. The van der Waals surface area contributed by atoms with Gasteiger partial charge in [-0.3, -0.25) is 9.59 Å². The van der Waals surface area contributed by atoms with Crippen LogP contribution in [0.1, 0.15) is 23.1 Å². The Bertz CT molecular complexity index is 1000. The first-order valence-corrected chi connectivity index (χ1v) is 10.6. The number of ether oxygens (including phenoxy) is 1. The molecular weight excluding hydrogens is 402 g/mol. The third-order valence-electron chi connectivity index (χ3n) is 4.25. The molecule has 0 fully saturated rings. The van der Waals surface area contributed by atoms with Crippen molar-refractivity contribution in [2.24, 2.45) is 0 Å². The minimum atomic E-state index is -3.61. The van der Waals surface area contributed by atoms with Crippen LogP contribution in [0.15, 0.2) is 41.3 Å². The summed E-state index contributed by atoms with van der Waals surface area (Å²) in [7, 11) is -3.61. The molecule has 2 aromatic rings. The standard InChI is InChI=1S/C20H22ClNO5S/c1-13-5-7-17(10-15(13)3)28(25,26)9-8-20(24)27-12-19(23)22-18-11-16(21)6-4-14(18)2/h4-7,10-11H,8-9,12H2,1-3H3,(H,22,23). The van der Waals surface area contributed by atoms with Crippen molar-refractivity contribution in [3.63, 3.8) is 0 Å². The monoisotopic (exact) mass is 423 g/mol. The summed E-state index contributed by atoms with van der Waals surface area (Å²) in [6, 6.07) is 9.86. The highest BCUT2D eigenvalue weighted by atomic mass is 35.5. The van der Waals surface area contributed by atoms with E-state index >= 15 is 0 Å². The minimum absolute atomic E-state index is 0.164. The zero-order chi connectivity index (χ0) is 20.9. The Morgan fingerprint density at radius 2 is 1.68 bits per heavy atom. The molecule has 0 radical (unpaired) electrons. The van der Waals surface area contributed by atoms with E-state index in [-0.39, 0.29) is 17.1 Å². The van der Waals surface area contributed by atoms with Crippen LogP contribution < -0.4 is 5.32 Å². The number of aryl methyl sites for hydroxylation is 3.